The first-order valence-corrected chi connectivity index (χ1v) is 1.55. The fourth-order valence-corrected chi connectivity index (χ4v) is 0. The van der Waals surface area contributed by atoms with E-state index in [4.69, 9.17) is 13.0 Å². The van der Waals surface area contributed by atoms with Crippen molar-refractivity contribution in [3.05, 3.63) is 0 Å². The van der Waals surface area contributed by atoms with Gasteiger partial charge < -0.3 is 13.0 Å². The van der Waals surface area contributed by atoms with Gasteiger partial charge in [0.15, 0.2) is 0 Å². The summed E-state index contributed by atoms with van der Waals surface area (Å²) in [6, 6.07) is 0. The summed E-state index contributed by atoms with van der Waals surface area (Å²) in [5.74, 6) is 0. The second-order valence-corrected chi connectivity index (χ2v) is 0.651. The molecule has 0 radical (unpaired) electrons. The quantitative estimate of drug-likeness (QED) is 0.377. The molecule has 5 heteroatoms. The van der Waals surface area contributed by atoms with E-state index < -0.39 is 11.0 Å². The van der Waals surface area contributed by atoms with Crippen molar-refractivity contribution < 1.29 is 34.0 Å². The first-order chi connectivity index (χ1) is 1.73. The van der Waals surface area contributed by atoms with E-state index in [9.17, 15) is 0 Å². The predicted molar refractivity (Wildman–Crippen MR) is 11.4 cm³/mol. The summed E-state index contributed by atoms with van der Waals surface area (Å²) in [5.41, 5.74) is 0. The Bertz CT molecular complexity index is 55.3. The maximum atomic E-state index is 8.56. The van der Waals surface area contributed by atoms with Gasteiger partial charge in [-0.1, -0.05) is 0 Å². The van der Waals surface area contributed by atoms with E-state index in [2.05, 4.69) is 0 Å². The molecule has 36 valence electrons. The van der Waals surface area contributed by atoms with Gasteiger partial charge in [0.05, 0.1) is 0 Å². The molecular weight excluding hydrogens is 275 g/mol. The molecule has 0 saturated heterocycles. The van der Waals surface area contributed by atoms with E-state index in [1.165, 1.54) is 0 Å². The van der Waals surface area contributed by atoms with Crippen LogP contribution in [0.25, 0.3) is 0 Å². The molecule has 0 atom stereocenters. The Hall–Kier alpha value is 0.598. The van der Waals surface area contributed by atoms with Crippen LogP contribution in [-0.4, -0.2) is 4.55 Å². The maximum absolute atomic E-state index is 8.56. The molecule has 0 aliphatic rings. The minimum Gasteiger partial charge on any atom is -0.439 e. The van der Waals surface area contributed by atoms with Gasteiger partial charge in [-0.3, -0.25) is 0 Å². The summed E-state index contributed by atoms with van der Waals surface area (Å²) in [6.07, 6.45) is 0. The molecule has 0 rings (SSSR count). The van der Waals surface area contributed by atoms with Crippen LogP contribution in [0.15, 0.2) is 0 Å². The average molecular weight is 276 g/mol. The van der Waals surface area contributed by atoms with Crippen LogP contribution in [0.4, 0.5) is 0 Å². The Balaban J connectivity index is 0. The van der Waals surface area contributed by atoms with Crippen molar-refractivity contribution in [2.45, 2.75) is 0 Å². The zero-order valence-electron chi connectivity index (χ0n) is 1.99. The Morgan fingerprint density at radius 3 is 1.40 bits per heavy atom. The van der Waals surface area contributed by atoms with Crippen LogP contribution >= 0.6 is 0 Å². The third-order valence-corrected chi connectivity index (χ3v) is 0. The molecule has 0 aromatic carbocycles. The van der Waals surface area contributed by atoms with Crippen LogP contribution in [-0.2, 0) is 40.5 Å². The summed E-state index contributed by atoms with van der Waals surface area (Å²) >= 11 is 0. The van der Waals surface area contributed by atoms with E-state index in [0.29, 0.717) is 0 Å². The Morgan fingerprint density at radius 1 is 1.40 bits per heavy atom. The zero-order chi connectivity index (χ0) is 3.58. The minimum absolute atomic E-state index is 0. The van der Waals surface area contributed by atoms with Crippen molar-refractivity contribution >= 4 is 11.0 Å². The molecule has 3 nitrogen and oxygen atoms in total. The molecule has 0 heterocycles. The third kappa shape index (κ3) is 86.7. The molecule has 0 bridgehead atoms. The Labute approximate surface area is 45.4 Å². The topological polar surface area (TPSA) is 54.4 Å². The van der Waals surface area contributed by atoms with Crippen molar-refractivity contribution in [3.63, 3.8) is 0 Å². The second kappa shape index (κ2) is 4.60. The van der Waals surface area contributed by atoms with E-state index in [0.717, 1.165) is 0 Å². The van der Waals surface area contributed by atoms with E-state index >= 15 is 0 Å². The summed E-state index contributed by atoms with van der Waals surface area (Å²) in [5, 5.41) is 0. The molecule has 0 spiro atoms. The van der Waals surface area contributed by atoms with E-state index in [1.54, 1.807) is 0 Å². The van der Waals surface area contributed by atoms with Gasteiger partial charge in [0.2, 0.25) is 0 Å². The average Bonchev–Trinajstić information content (AvgIpc) is 0.811. The van der Waals surface area contributed by atoms with Gasteiger partial charge in [0.1, 0.15) is 0 Å². The van der Waals surface area contributed by atoms with Gasteiger partial charge in [-0.05, 0) is 0 Å². The Morgan fingerprint density at radius 2 is 1.40 bits per heavy atom. The maximum Gasteiger partial charge on any atom is 0.0495 e. The van der Waals surface area contributed by atoms with Crippen LogP contribution in [0.3, 0.4) is 0 Å². The van der Waals surface area contributed by atoms with Crippen LogP contribution in [0.2, 0.25) is 0 Å². The molecule has 0 aromatic heterocycles. The molecule has 0 fully saturated rings. The van der Waals surface area contributed by atoms with Crippen molar-refractivity contribution in [3.8, 4) is 0 Å². The standard InChI is InChI=1S/HO3S.Pt/c1-4(2)3;/h(H,1,2,3);/q-1;. The molecule has 0 aliphatic carbocycles. The number of rotatable bonds is 0. The molecule has 0 aliphatic heterocycles. The summed E-state index contributed by atoms with van der Waals surface area (Å²) in [6.45, 7) is 0. The van der Waals surface area contributed by atoms with Gasteiger partial charge in [-0.2, -0.15) is 0 Å². The molecule has 0 aromatic rings. The number of hydrogen-bond donors (Lipinski definition) is 1. The van der Waals surface area contributed by atoms with Gasteiger partial charge in [-0.15, -0.1) is 0 Å². The molecule has 1 N–H and O–H groups in total. The molecule has 0 saturated carbocycles. The van der Waals surface area contributed by atoms with Crippen LogP contribution < -0.4 is 0 Å². The monoisotopic (exact) mass is 276 g/mol. The van der Waals surface area contributed by atoms with Gasteiger partial charge in [-0.25, -0.2) is 0 Å². The predicted octanol–water partition coefficient (Wildman–Crippen LogP) is -0.234. The summed E-state index contributed by atoms with van der Waals surface area (Å²) in [4.78, 5) is 0. The van der Waals surface area contributed by atoms with Crippen LogP contribution in [0.5, 0.6) is 0 Å². The van der Waals surface area contributed by atoms with Crippen molar-refractivity contribution in [1.82, 2.24) is 0 Å². The first kappa shape index (κ1) is 9.14. The van der Waals surface area contributed by atoms with Crippen LogP contribution in [0.1, 0.15) is 0 Å². The molecule has 0 unspecified atom stereocenters. The fraction of sp³-hybridized carbons (Fsp3) is 0. The summed E-state index contributed by atoms with van der Waals surface area (Å²) in [7, 11) is -2.86. The largest absolute Gasteiger partial charge is 0.439 e. The third-order valence-electron chi connectivity index (χ3n) is 0. The van der Waals surface area contributed by atoms with E-state index in [1.807, 2.05) is 0 Å². The SMILES string of the molecule is O=[S-](=O)O.[Pt]. The van der Waals surface area contributed by atoms with Crippen LogP contribution in [0, 0.1) is 0 Å². The van der Waals surface area contributed by atoms with Crippen molar-refractivity contribution in [2.75, 3.05) is 0 Å². The van der Waals surface area contributed by atoms with Gasteiger partial charge >= 0.3 is 0 Å². The number of hydrogen-bond acceptors (Lipinski definition) is 3. The zero-order valence-corrected chi connectivity index (χ0v) is 5.08. The molecular formula is HO3PtS-. The molecule has 5 heavy (non-hydrogen) atoms. The Kier molecular flexibility index (Phi) is 8.41. The first-order valence-electron chi connectivity index (χ1n) is 0.516. The fourth-order valence-electron chi connectivity index (χ4n) is 0. The second-order valence-electron chi connectivity index (χ2n) is 0.217. The van der Waals surface area contributed by atoms with Crippen molar-refractivity contribution in [1.29, 1.82) is 0 Å². The summed E-state index contributed by atoms with van der Waals surface area (Å²) < 4.78 is 24.1. The smallest absolute Gasteiger partial charge is 0.0495 e. The molecule has 0 amide bonds. The minimum atomic E-state index is -2.86. The van der Waals surface area contributed by atoms with Gasteiger partial charge in [0.25, 0.3) is 0 Å². The van der Waals surface area contributed by atoms with E-state index in [-0.39, 0.29) is 21.1 Å². The van der Waals surface area contributed by atoms with Crippen molar-refractivity contribution in [2.24, 2.45) is 0 Å². The normalized spacial score (nSPS) is 6.80. The van der Waals surface area contributed by atoms with Gasteiger partial charge in [0, 0.05) is 32.1 Å².